The molecule has 0 spiro atoms. The van der Waals surface area contributed by atoms with Gasteiger partial charge in [-0.15, -0.1) is 0 Å². The third kappa shape index (κ3) is 4.59. The fraction of sp³-hybridized carbons (Fsp3) is 0.263. The monoisotopic (exact) mass is 326 g/mol. The number of amides is 2. The van der Waals surface area contributed by atoms with Crippen LogP contribution in [0.3, 0.4) is 0 Å². The smallest absolute Gasteiger partial charge is 0.262 e. The number of nitrogens with one attached hydrogen (secondary N) is 1. The summed E-state index contributed by atoms with van der Waals surface area (Å²) < 4.78 is 5.69. The van der Waals surface area contributed by atoms with Gasteiger partial charge in [-0.2, -0.15) is 0 Å². The number of rotatable bonds is 6. The van der Waals surface area contributed by atoms with E-state index in [1.807, 2.05) is 30.3 Å². The van der Waals surface area contributed by atoms with Crippen molar-refractivity contribution in [1.82, 2.24) is 10.2 Å². The number of benzene rings is 2. The van der Waals surface area contributed by atoms with Gasteiger partial charge in [-0.3, -0.25) is 9.59 Å². The van der Waals surface area contributed by atoms with Crippen LogP contribution in [0.15, 0.2) is 54.6 Å². The number of hydrogen-bond acceptors (Lipinski definition) is 3. The molecule has 0 aromatic heterocycles. The molecule has 0 radical (unpaired) electrons. The molecule has 24 heavy (non-hydrogen) atoms. The maximum Gasteiger partial charge on any atom is 0.262 e. The molecule has 0 unspecified atom stereocenters. The largest absolute Gasteiger partial charge is 0.480 e. The molecule has 5 nitrogen and oxygen atoms in total. The van der Waals surface area contributed by atoms with Crippen LogP contribution in [0.2, 0.25) is 0 Å². The van der Waals surface area contributed by atoms with Gasteiger partial charge in [0.25, 0.3) is 11.8 Å². The van der Waals surface area contributed by atoms with Crippen molar-refractivity contribution in [3.8, 4) is 5.75 Å². The van der Waals surface area contributed by atoms with E-state index in [1.165, 1.54) is 4.90 Å². The summed E-state index contributed by atoms with van der Waals surface area (Å²) in [5.74, 6) is -0.000728. The van der Waals surface area contributed by atoms with Gasteiger partial charge in [0.05, 0.1) is 5.56 Å². The highest BCUT2D eigenvalue weighted by Gasteiger charge is 2.19. The van der Waals surface area contributed by atoms with Gasteiger partial charge in [-0.05, 0) is 24.6 Å². The van der Waals surface area contributed by atoms with E-state index in [9.17, 15) is 9.59 Å². The van der Waals surface area contributed by atoms with E-state index >= 15 is 0 Å². The van der Waals surface area contributed by atoms with E-state index in [4.69, 9.17) is 4.74 Å². The summed E-state index contributed by atoms with van der Waals surface area (Å²) in [5.41, 5.74) is 1.42. The van der Waals surface area contributed by atoms with Crippen LogP contribution >= 0.6 is 0 Å². The van der Waals surface area contributed by atoms with Gasteiger partial charge in [-0.25, -0.2) is 0 Å². The number of carbonyl (C=O) groups excluding carboxylic acids is 2. The van der Waals surface area contributed by atoms with Crippen molar-refractivity contribution in [3.05, 3.63) is 65.7 Å². The quantitative estimate of drug-likeness (QED) is 0.887. The van der Waals surface area contributed by atoms with E-state index in [-0.39, 0.29) is 11.8 Å². The molecule has 0 fully saturated rings. The van der Waals surface area contributed by atoms with Crippen LogP contribution in [-0.4, -0.2) is 36.9 Å². The standard InChI is InChI=1S/C19H22N2O3/c1-14(19(23)21(2)3)24-17-12-8-7-11-16(17)18(22)20-13-15-9-5-4-6-10-15/h4-12,14H,13H2,1-3H3,(H,20,22)/t14-/m0/s1. The Kier molecular flexibility index (Phi) is 5.95. The Morgan fingerprint density at radius 1 is 1.04 bits per heavy atom. The predicted molar refractivity (Wildman–Crippen MR) is 92.8 cm³/mol. The molecule has 2 rings (SSSR count). The van der Waals surface area contributed by atoms with Crippen molar-refractivity contribution in [2.75, 3.05) is 14.1 Å². The first-order valence-electron chi connectivity index (χ1n) is 7.78. The first kappa shape index (κ1) is 17.5. The molecule has 0 aliphatic carbocycles. The summed E-state index contributed by atoms with van der Waals surface area (Å²) in [4.78, 5) is 25.8. The molecule has 0 saturated carbocycles. The zero-order valence-electron chi connectivity index (χ0n) is 14.2. The normalized spacial score (nSPS) is 11.5. The number of carbonyl (C=O) groups is 2. The SMILES string of the molecule is C[C@H](Oc1ccccc1C(=O)NCc1ccccc1)C(=O)N(C)C. The zero-order valence-corrected chi connectivity index (χ0v) is 14.2. The van der Waals surface area contributed by atoms with Crippen molar-refractivity contribution in [3.63, 3.8) is 0 Å². The second kappa shape index (κ2) is 8.15. The van der Waals surface area contributed by atoms with Gasteiger partial charge >= 0.3 is 0 Å². The number of nitrogens with zero attached hydrogens (tertiary/aromatic N) is 1. The van der Waals surface area contributed by atoms with Gasteiger partial charge in [0.2, 0.25) is 0 Å². The molecule has 0 saturated heterocycles. The van der Waals surface area contributed by atoms with Crippen molar-refractivity contribution in [2.24, 2.45) is 0 Å². The molecule has 2 aromatic carbocycles. The van der Waals surface area contributed by atoms with Crippen LogP contribution in [0, 0.1) is 0 Å². The lowest BCUT2D eigenvalue weighted by atomic mass is 10.1. The first-order chi connectivity index (χ1) is 11.5. The Bertz CT molecular complexity index is 699. The van der Waals surface area contributed by atoms with E-state index in [1.54, 1.807) is 45.3 Å². The Hall–Kier alpha value is -2.82. The lowest BCUT2D eigenvalue weighted by Gasteiger charge is -2.19. The second-order valence-corrected chi connectivity index (χ2v) is 5.66. The summed E-state index contributed by atoms with van der Waals surface area (Å²) in [6.45, 7) is 2.10. The minimum absolute atomic E-state index is 0.158. The molecule has 2 aromatic rings. The Morgan fingerprint density at radius 3 is 2.33 bits per heavy atom. The molecule has 0 aliphatic heterocycles. The second-order valence-electron chi connectivity index (χ2n) is 5.66. The van der Waals surface area contributed by atoms with Crippen LogP contribution in [0.1, 0.15) is 22.8 Å². The maximum atomic E-state index is 12.4. The fourth-order valence-corrected chi connectivity index (χ4v) is 2.23. The summed E-state index contributed by atoms with van der Waals surface area (Å²) in [6.07, 6.45) is -0.664. The van der Waals surface area contributed by atoms with E-state index in [2.05, 4.69) is 5.32 Å². The number of ether oxygens (including phenoxy) is 1. The molecule has 5 heteroatoms. The summed E-state index contributed by atoms with van der Waals surface area (Å²) >= 11 is 0. The number of hydrogen-bond donors (Lipinski definition) is 1. The molecule has 0 heterocycles. The van der Waals surface area contributed by atoms with Crippen LogP contribution in [0.5, 0.6) is 5.75 Å². The summed E-state index contributed by atoms with van der Waals surface area (Å²) in [5, 5.41) is 2.87. The van der Waals surface area contributed by atoms with Crippen molar-refractivity contribution in [2.45, 2.75) is 19.6 Å². The number of para-hydroxylation sites is 1. The van der Waals surface area contributed by atoms with Crippen LogP contribution < -0.4 is 10.1 Å². The van der Waals surface area contributed by atoms with Gasteiger partial charge in [0.1, 0.15) is 5.75 Å². The highest BCUT2D eigenvalue weighted by Crippen LogP contribution is 2.20. The minimum atomic E-state index is -0.664. The highest BCUT2D eigenvalue weighted by atomic mass is 16.5. The Balaban J connectivity index is 2.07. The van der Waals surface area contributed by atoms with Crippen molar-refractivity contribution >= 4 is 11.8 Å². The van der Waals surface area contributed by atoms with Crippen LogP contribution in [0.25, 0.3) is 0 Å². The molecule has 126 valence electrons. The average Bonchev–Trinajstić information content (AvgIpc) is 2.60. The molecule has 0 aliphatic rings. The molecular formula is C19H22N2O3. The molecule has 2 amide bonds. The lowest BCUT2D eigenvalue weighted by molar-refractivity contribution is -0.135. The summed E-state index contributed by atoms with van der Waals surface area (Å²) in [6, 6.07) is 16.6. The van der Waals surface area contributed by atoms with Crippen LogP contribution in [-0.2, 0) is 11.3 Å². The first-order valence-corrected chi connectivity index (χ1v) is 7.78. The van der Waals surface area contributed by atoms with Crippen molar-refractivity contribution in [1.29, 1.82) is 0 Å². The van der Waals surface area contributed by atoms with Gasteiger partial charge in [-0.1, -0.05) is 42.5 Å². The minimum Gasteiger partial charge on any atom is -0.480 e. The van der Waals surface area contributed by atoms with Gasteiger partial charge in [0, 0.05) is 20.6 Å². The predicted octanol–water partition coefficient (Wildman–Crippen LogP) is 2.47. The van der Waals surface area contributed by atoms with Gasteiger partial charge < -0.3 is 15.0 Å². The lowest BCUT2D eigenvalue weighted by Crippen LogP contribution is -2.35. The molecule has 1 atom stereocenters. The van der Waals surface area contributed by atoms with E-state index in [0.29, 0.717) is 17.9 Å². The maximum absolute atomic E-state index is 12.4. The fourth-order valence-electron chi connectivity index (χ4n) is 2.23. The molecule has 1 N–H and O–H groups in total. The Labute approximate surface area is 142 Å². The highest BCUT2D eigenvalue weighted by molar-refractivity contribution is 5.97. The van der Waals surface area contributed by atoms with Gasteiger partial charge in [0.15, 0.2) is 6.10 Å². The van der Waals surface area contributed by atoms with Crippen LogP contribution in [0.4, 0.5) is 0 Å². The third-order valence-electron chi connectivity index (χ3n) is 3.52. The summed E-state index contributed by atoms with van der Waals surface area (Å²) in [7, 11) is 3.33. The van der Waals surface area contributed by atoms with E-state index in [0.717, 1.165) is 5.56 Å². The number of likely N-dealkylation sites (N-methyl/N-ethyl adjacent to an activating group) is 1. The molecule has 0 bridgehead atoms. The Morgan fingerprint density at radius 2 is 1.67 bits per heavy atom. The topological polar surface area (TPSA) is 58.6 Å². The molecular weight excluding hydrogens is 304 g/mol. The van der Waals surface area contributed by atoms with E-state index < -0.39 is 6.10 Å². The zero-order chi connectivity index (χ0) is 17.5. The van der Waals surface area contributed by atoms with Crippen molar-refractivity contribution < 1.29 is 14.3 Å². The average molecular weight is 326 g/mol. The third-order valence-corrected chi connectivity index (χ3v) is 3.52.